The second kappa shape index (κ2) is 7.21. The summed E-state index contributed by atoms with van der Waals surface area (Å²) in [6.07, 6.45) is 0. The van der Waals surface area contributed by atoms with Crippen LogP contribution in [0, 0.1) is 0 Å². The van der Waals surface area contributed by atoms with Crippen LogP contribution in [0.3, 0.4) is 0 Å². The number of amides is 1. The Morgan fingerprint density at radius 1 is 1.12 bits per heavy atom. The molecular formula is C20H21NO3. The highest BCUT2D eigenvalue weighted by molar-refractivity contribution is 5.96. The monoisotopic (exact) mass is 323 g/mol. The maximum absolute atomic E-state index is 12.1. The van der Waals surface area contributed by atoms with Crippen LogP contribution in [-0.2, 0) is 0 Å². The van der Waals surface area contributed by atoms with Crippen LogP contribution in [0.5, 0.6) is 5.75 Å². The molecule has 1 heterocycles. The average Bonchev–Trinajstić information content (AvgIpc) is 3.03. The van der Waals surface area contributed by atoms with E-state index in [-0.39, 0.29) is 5.91 Å². The zero-order chi connectivity index (χ0) is 16.9. The van der Waals surface area contributed by atoms with Crippen molar-refractivity contribution in [3.05, 3.63) is 65.9 Å². The molecule has 24 heavy (non-hydrogen) atoms. The Morgan fingerprint density at radius 3 is 2.67 bits per heavy atom. The molecular weight excluding hydrogens is 302 g/mol. The first-order valence-corrected chi connectivity index (χ1v) is 8.13. The fraction of sp³-hybridized carbons (Fsp3) is 0.250. The third-order valence-corrected chi connectivity index (χ3v) is 3.84. The van der Waals surface area contributed by atoms with Gasteiger partial charge in [0, 0.05) is 5.39 Å². The fourth-order valence-corrected chi connectivity index (χ4v) is 2.60. The summed E-state index contributed by atoms with van der Waals surface area (Å²) in [7, 11) is 0. The maximum atomic E-state index is 12.1. The number of fused-ring (bicyclic) bond motifs is 1. The molecule has 1 amide bonds. The van der Waals surface area contributed by atoms with E-state index in [1.54, 1.807) is 6.07 Å². The standard InChI is InChI=1S/C20H21NO3/c1-14(2)16-8-4-6-10-18(16)23-12-11-21-20(22)19-13-15-7-3-5-9-17(15)24-19/h3-10,13-14H,11-12H2,1-2H3,(H,21,22). The highest BCUT2D eigenvalue weighted by Gasteiger charge is 2.12. The van der Waals surface area contributed by atoms with Gasteiger partial charge < -0.3 is 14.5 Å². The highest BCUT2D eigenvalue weighted by Crippen LogP contribution is 2.25. The van der Waals surface area contributed by atoms with Gasteiger partial charge in [0.2, 0.25) is 0 Å². The third-order valence-electron chi connectivity index (χ3n) is 3.84. The van der Waals surface area contributed by atoms with Gasteiger partial charge in [-0.1, -0.05) is 50.2 Å². The van der Waals surface area contributed by atoms with Crippen molar-refractivity contribution in [2.24, 2.45) is 0 Å². The van der Waals surface area contributed by atoms with Crippen LogP contribution < -0.4 is 10.1 Å². The lowest BCUT2D eigenvalue weighted by molar-refractivity contribution is 0.0921. The van der Waals surface area contributed by atoms with Gasteiger partial charge >= 0.3 is 0 Å². The van der Waals surface area contributed by atoms with Crippen molar-refractivity contribution in [1.82, 2.24) is 5.32 Å². The highest BCUT2D eigenvalue weighted by atomic mass is 16.5. The number of furan rings is 1. The summed E-state index contributed by atoms with van der Waals surface area (Å²) < 4.78 is 11.3. The van der Waals surface area contributed by atoms with Gasteiger partial charge in [-0.2, -0.15) is 0 Å². The number of ether oxygens (including phenoxy) is 1. The number of benzene rings is 2. The Balaban J connectivity index is 1.54. The fourth-order valence-electron chi connectivity index (χ4n) is 2.60. The van der Waals surface area contributed by atoms with Gasteiger partial charge in [-0.3, -0.25) is 4.79 Å². The predicted molar refractivity (Wildman–Crippen MR) is 94.6 cm³/mol. The van der Waals surface area contributed by atoms with Gasteiger partial charge in [0.1, 0.15) is 17.9 Å². The molecule has 124 valence electrons. The molecule has 1 N–H and O–H groups in total. The maximum Gasteiger partial charge on any atom is 0.287 e. The van der Waals surface area contributed by atoms with Crippen molar-refractivity contribution in [3.8, 4) is 5.75 Å². The minimum atomic E-state index is -0.230. The van der Waals surface area contributed by atoms with Crippen molar-refractivity contribution in [3.63, 3.8) is 0 Å². The van der Waals surface area contributed by atoms with Crippen LogP contribution in [0.25, 0.3) is 11.0 Å². The molecule has 0 spiro atoms. The number of carbonyl (C=O) groups excluding carboxylic acids is 1. The summed E-state index contributed by atoms with van der Waals surface area (Å²) >= 11 is 0. The number of nitrogens with one attached hydrogen (secondary N) is 1. The van der Waals surface area contributed by atoms with E-state index in [0.29, 0.717) is 30.4 Å². The van der Waals surface area contributed by atoms with Gasteiger partial charge in [0.15, 0.2) is 5.76 Å². The first-order valence-electron chi connectivity index (χ1n) is 8.13. The minimum absolute atomic E-state index is 0.230. The molecule has 0 atom stereocenters. The summed E-state index contributed by atoms with van der Waals surface area (Å²) in [5.74, 6) is 1.35. The van der Waals surface area contributed by atoms with E-state index in [9.17, 15) is 4.79 Å². The second-order valence-electron chi connectivity index (χ2n) is 5.95. The van der Waals surface area contributed by atoms with E-state index in [1.807, 2.05) is 42.5 Å². The molecule has 0 saturated carbocycles. The van der Waals surface area contributed by atoms with Crippen molar-refractivity contribution in [2.45, 2.75) is 19.8 Å². The van der Waals surface area contributed by atoms with Crippen molar-refractivity contribution >= 4 is 16.9 Å². The van der Waals surface area contributed by atoms with Gasteiger partial charge in [-0.15, -0.1) is 0 Å². The largest absolute Gasteiger partial charge is 0.491 e. The molecule has 0 aliphatic rings. The van der Waals surface area contributed by atoms with E-state index in [4.69, 9.17) is 9.15 Å². The SMILES string of the molecule is CC(C)c1ccccc1OCCNC(=O)c1cc2ccccc2o1. The predicted octanol–water partition coefficient (Wildman–Crippen LogP) is 4.37. The van der Waals surface area contributed by atoms with Crippen LogP contribution >= 0.6 is 0 Å². The van der Waals surface area contributed by atoms with Crippen molar-refractivity contribution in [2.75, 3.05) is 13.2 Å². The Kier molecular flexibility index (Phi) is 4.85. The number of rotatable bonds is 6. The third kappa shape index (κ3) is 3.59. The normalized spacial score (nSPS) is 11.0. The molecule has 0 unspecified atom stereocenters. The van der Waals surface area contributed by atoms with Gasteiger partial charge in [-0.25, -0.2) is 0 Å². The molecule has 3 aromatic rings. The summed E-state index contributed by atoms with van der Waals surface area (Å²) in [6.45, 7) is 5.09. The van der Waals surface area contributed by atoms with Gasteiger partial charge in [0.05, 0.1) is 6.54 Å². The number of carbonyl (C=O) groups is 1. The van der Waals surface area contributed by atoms with E-state index in [0.717, 1.165) is 11.1 Å². The van der Waals surface area contributed by atoms with E-state index < -0.39 is 0 Å². The average molecular weight is 323 g/mol. The molecule has 0 aliphatic carbocycles. The zero-order valence-corrected chi connectivity index (χ0v) is 13.9. The molecule has 0 radical (unpaired) electrons. The topological polar surface area (TPSA) is 51.5 Å². The van der Waals surface area contributed by atoms with E-state index in [2.05, 4.69) is 25.2 Å². The van der Waals surface area contributed by atoms with Crippen LogP contribution in [0.2, 0.25) is 0 Å². The minimum Gasteiger partial charge on any atom is -0.491 e. The molecule has 2 aromatic carbocycles. The lowest BCUT2D eigenvalue weighted by Gasteiger charge is -2.13. The Bertz CT molecular complexity index is 803. The molecule has 0 saturated heterocycles. The Hall–Kier alpha value is -2.75. The first-order chi connectivity index (χ1) is 11.6. The van der Waals surface area contributed by atoms with Crippen LogP contribution in [-0.4, -0.2) is 19.1 Å². The molecule has 3 rings (SSSR count). The Morgan fingerprint density at radius 2 is 1.88 bits per heavy atom. The first kappa shape index (κ1) is 16.1. The Labute approximate surface area is 141 Å². The van der Waals surface area contributed by atoms with E-state index in [1.165, 1.54) is 5.56 Å². The van der Waals surface area contributed by atoms with Crippen LogP contribution in [0.1, 0.15) is 35.9 Å². The van der Waals surface area contributed by atoms with Crippen LogP contribution in [0.15, 0.2) is 59.0 Å². The second-order valence-corrected chi connectivity index (χ2v) is 5.95. The quantitative estimate of drug-likeness (QED) is 0.686. The lowest BCUT2D eigenvalue weighted by Crippen LogP contribution is -2.27. The summed E-state index contributed by atoms with van der Waals surface area (Å²) in [6, 6.07) is 17.3. The zero-order valence-electron chi connectivity index (χ0n) is 13.9. The van der Waals surface area contributed by atoms with Crippen molar-refractivity contribution in [1.29, 1.82) is 0 Å². The summed E-state index contributed by atoms with van der Waals surface area (Å²) in [4.78, 5) is 12.1. The van der Waals surface area contributed by atoms with E-state index >= 15 is 0 Å². The summed E-state index contributed by atoms with van der Waals surface area (Å²) in [5, 5.41) is 3.74. The van der Waals surface area contributed by atoms with Gasteiger partial charge in [-0.05, 0) is 29.7 Å². The number of hydrogen-bond donors (Lipinski definition) is 1. The molecule has 0 fully saturated rings. The number of para-hydroxylation sites is 2. The molecule has 4 nitrogen and oxygen atoms in total. The van der Waals surface area contributed by atoms with Crippen LogP contribution in [0.4, 0.5) is 0 Å². The number of hydrogen-bond acceptors (Lipinski definition) is 3. The molecule has 1 aromatic heterocycles. The molecule has 0 aliphatic heterocycles. The molecule has 4 heteroatoms. The summed E-state index contributed by atoms with van der Waals surface area (Å²) in [5.41, 5.74) is 1.88. The van der Waals surface area contributed by atoms with Gasteiger partial charge in [0.25, 0.3) is 5.91 Å². The lowest BCUT2D eigenvalue weighted by atomic mass is 10.0. The van der Waals surface area contributed by atoms with Crippen molar-refractivity contribution < 1.29 is 13.9 Å². The smallest absolute Gasteiger partial charge is 0.287 e. The molecule has 0 bridgehead atoms.